The van der Waals surface area contributed by atoms with Crippen LogP contribution in [0.3, 0.4) is 0 Å². The highest BCUT2D eigenvalue weighted by molar-refractivity contribution is 8.13. The Bertz CT molecular complexity index is 121. The lowest BCUT2D eigenvalue weighted by Crippen LogP contribution is -2.27. The van der Waals surface area contributed by atoms with E-state index in [1.807, 2.05) is 0 Å². The number of ether oxygens (including phenoxy) is 1. The van der Waals surface area contributed by atoms with Gasteiger partial charge in [-0.25, -0.2) is 4.79 Å². The predicted octanol–water partition coefficient (Wildman–Crippen LogP) is 0.232. The molecule has 0 radical (unpaired) electrons. The van der Waals surface area contributed by atoms with E-state index >= 15 is 0 Å². The van der Waals surface area contributed by atoms with Gasteiger partial charge < -0.3 is 10.1 Å². The van der Waals surface area contributed by atoms with Gasteiger partial charge in [0.05, 0.1) is 13.7 Å². The lowest BCUT2D eigenvalue weighted by atomic mass is 10.7. The minimum Gasteiger partial charge on any atom is -0.453 e. The summed E-state index contributed by atoms with van der Waals surface area (Å²) in [6.45, 7) is 0.0217. The van der Waals surface area contributed by atoms with Gasteiger partial charge in [0.1, 0.15) is 0 Å². The maximum absolute atomic E-state index is 10.5. The van der Waals surface area contributed by atoms with Gasteiger partial charge in [0.15, 0.2) is 0 Å². The van der Waals surface area contributed by atoms with Gasteiger partial charge in [0.2, 0.25) is 5.12 Å². The average Bonchev–Trinajstić information content (AvgIpc) is 1.99. The normalized spacial score (nSPS) is 8.60. The number of rotatable bonds is 2. The molecule has 10 heavy (non-hydrogen) atoms. The third kappa shape index (κ3) is 4.20. The number of amides is 1. The van der Waals surface area contributed by atoms with Crippen molar-refractivity contribution in [3.63, 3.8) is 0 Å². The molecule has 0 aliphatic rings. The summed E-state index contributed by atoms with van der Waals surface area (Å²) in [6, 6.07) is 0. The smallest absolute Gasteiger partial charge is 0.407 e. The predicted molar refractivity (Wildman–Crippen MR) is 38.9 cm³/mol. The monoisotopic (exact) mass is 163 g/mol. The van der Waals surface area contributed by atoms with Crippen LogP contribution >= 0.6 is 11.8 Å². The van der Waals surface area contributed by atoms with Gasteiger partial charge in [-0.05, 0) is 6.26 Å². The Morgan fingerprint density at radius 3 is 2.60 bits per heavy atom. The number of carbonyl (C=O) groups is 2. The number of nitrogens with one attached hydrogen (secondary N) is 1. The summed E-state index contributed by atoms with van der Waals surface area (Å²) in [5.74, 6) is 0. The lowest BCUT2D eigenvalue weighted by Gasteiger charge is -1.99. The quantitative estimate of drug-likeness (QED) is 0.633. The van der Waals surface area contributed by atoms with Gasteiger partial charge in [-0.1, -0.05) is 11.8 Å². The summed E-state index contributed by atoms with van der Waals surface area (Å²) < 4.78 is 4.23. The Balaban J connectivity index is 3.35. The standard InChI is InChI=1S/C5H9NO3S/c1-9-5(8)6-3-4(7)10-2/h3H2,1-2H3,(H,6,8). The first kappa shape index (κ1) is 9.29. The minimum absolute atomic E-state index is 0.0217. The maximum atomic E-state index is 10.5. The van der Waals surface area contributed by atoms with Crippen molar-refractivity contribution in [1.82, 2.24) is 5.32 Å². The molecule has 0 bridgehead atoms. The molecule has 0 aromatic rings. The number of carbonyl (C=O) groups excluding carboxylic acids is 2. The Labute approximate surface area is 63.3 Å². The number of alkyl carbamates (subject to hydrolysis) is 1. The van der Waals surface area contributed by atoms with E-state index in [9.17, 15) is 9.59 Å². The van der Waals surface area contributed by atoms with E-state index in [-0.39, 0.29) is 11.7 Å². The zero-order chi connectivity index (χ0) is 7.98. The third-order valence-corrected chi connectivity index (χ3v) is 1.39. The van der Waals surface area contributed by atoms with Gasteiger partial charge in [0.25, 0.3) is 0 Å². The SMILES string of the molecule is COC(=O)NCC(=O)SC. The number of hydrogen-bond donors (Lipinski definition) is 1. The molecule has 0 rings (SSSR count). The van der Waals surface area contributed by atoms with Crippen LogP contribution in [0, 0.1) is 0 Å². The van der Waals surface area contributed by atoms with Crippen LogP contribution in [0.4, 0.5) is 4.79 Å². The zero-order valence-electron chi connectivity index (χ0n) is 5.84. The Morgan fingerprint density at radius 2 is 2.20 bits per heavy atom. The first-order chi connectivity index (χ1) is 4.70. The van der Waals surface area contributed by atoms with E-state index in [4.69, 9.17) is 0 Å². The fourth-order valence-electron chi connectivity index (χ4n) is 0.289. The number of thioether (sulfide) groups is 1. The Kier molecular flexibility index (Phi) is 4.74. The van der Waals surface area contributed by atoms with Crippen molar-refractivity contribution in [2.45, 2.75) is 0 Å². The van der Waals surface area contributed by atoms with Crippen molar-refractivity contribution in [3.05, 3.63) is 0 Å². The molecule has 5 heteroatoms. The molecule has 1 N–H and O–H groups in total. The average molecular weight is 163 g/mol. The molecule has 0 atom stereocenters. The van der Waals surface area contributed by atoms with Crippen LogP contribution in [0.1, 0.15) is 0 Å². The number of hydrogen-bond acceptors (Lipinski definition) is 4. The fraction of sp³-hybridized carbons (Fsp3) is 0.600. The molecule has 0 aromatic heterocycles. The molecule has 0 spiro atoms. The van der Waals surface area contributed by atoms with Crippen LogP contribution in [0.2, 0.25) is 0 Å². The highest BCUT2D eigenvalue weighted by Crippen LogP contribution is 1.91. The molecule has 0 aliphatic carbocycles. The lowest BCUT2D eigenvalue weighted by molar-refractivity contribution is -0.110. The van der Waals surface area contributed by atoms with Crippen LogP contribution < -0.4 is 5.32 Å². The maximum Gasteiger partial charge on any atom is 0.407 e. The molecule has 4 nitrogen and oxygen atoms in total. The van der Waals surface area contributed by atoms with Gasteiger partial charge in [-0.15, -0.1) is 0 Å². The summed E-state index contributed by atoms with van der Waals surface area (Å²) in [7, 11) is 1.25. The fourth-order valence-corrected chi connectivity index (χ4v) is 0.505. The van der Waals surface area contributed by atoms with Crippen LogP contribution in [0.15, 0.2) is 0 Å². The molecule has 58 valence electrons. The summed E-state index contributed by atoms with van der Waals surface area (Å²) >= 11 is 1.07. The Morgan fingerprint density at radius 1 is 1.60 bits per heavy atom. The van der Waals surface area contributed by atoms with Gasteiger partial charge in [-0.2, -0.15) is 0 Å². The van der Waals surface area contributed by atoms with E-state index < -0.39 is 6.09 Å². The Hall–Kier alpha value is -0.710. The largest absolute Gasteiger partial charge is 0.453 e. The highest BCUT2D eigenvalue weighted by atomic mass is 32.2. The molecule has 0 heterocycles. The molecule has 0 unspecified atom stereocenters. The highest BCUT2D eigenvalue weighted by Gasteiger charge is 2.01. The van der Waals surface area contributed by atoms with Gasteiger partial charge >= 0.3 is 6.09 Å². The van der Waals surface area contributed by atoms with Crippen LogP contribution in [-0.4, -0.2) is 31.1 Å². The molecule has 0 saturated carbocycles. The molecule has 0 aromatic carbocycles. The van der Waals surface area contributed by atoms with Crippen molar-refractivity contribution in [3.8, 4) is 0 Å². The molecular weight excluding hydrogens is 154 g/mol. The van der Waals surface area contributed by atoms with Crippen LogP contribution in [0.25, 0.3) is 0 Å². The second-order valence-corrected chi connectivity index (χ2v) is 2.28. The van der Waals surface area contributed by atoms with Crippen molar-refractivity contribution in [2.75, 3.05) is 19.9 Å². The first-order valence-electron chi connectivity index (χ1n) is 2.59. The van der Waals surface area contributed by atoms with E-state index in [0.29, 0.717) is 0 Å². The minimum atomic E-state index is -0.581. The van der Waals surface area contributed by atoms with Gasteiger partial charge in [0, 0.05) is 0 Å². The van der Waals surface area contributed by atoms with Crippen molar-refractivity contribution < 1.29 is 14.3 Å². The summed E-state index contributed by atoms with van der Waals surface area (Å²) in [4.78, 5) is 20.9. The summed E-state index contributed by atoms with van der Waals surface area (Å²) in [5.41, 5.74) is 0. The molecule has 0 aliphatic heterocycles. The summed E-state index contributed by atoms with van der Waals surface area (Å²) in [6.07, 6.45) is 1.07. The second kappa shape index (κ2) is 5.10. The van der Waals surface area contributed by atoms with E-state index in [1.54, 1.807) is 6.26 Å². The topological polar surface area (TPSA) is 55.4 Å². The summed E-state index contributed by atoms with van der Waals surface area (Å²) in [5, 5.41) is 2.16. The van der Waals surface area contributed by atoms with Crippen molar-refractivity contribution >= 4 is 23.0 Å². The van der Waals surface area contributed by atoms with Crippen molar-refractivity contribution in [1.29, 1.82) is 0 Å². The molecule has 1 amide bonds. The van der Waals surface area contributed by atoms with Gasteiger partial charge in [-0.3, -0.25) is 4.79 Å². The van der Waals surface area contributed by atoms with E-state index in [1.165, 1.54) is 7.11 Å². The van der Waals surface area contributed by atoms with Crippen LogP contribution in [0.5, 0.6) is 0 Å². The second-order valence-electron chi connectivity index (χ2n) is 1.42. The van der Waals surface area contributed by atoms with Crippen molar-refractivity contribution in [2.24, 2.45) is 0 Å². The molecule has 0 fully saturated rings. The van der Waals surface area contributed by atoms with Crippen LogP contribution in [-0.2, 0) is 9.53 Å². The molecule has 0 saturated heterocycles. The first-order valence-corrected chi connectivity index (χ1v) is 3.81. The third-order valence-electron chi connectivity index (χ3n) is 0.790. The molecular formula is C5H9NO3S. The zero-order valence-corrected chi connectivity index (χ0v) is 6.66. The number of methoxy groups -OCH3 is 1. The van der Waals surface area contributed by atoms with E-state index in [0.717, 1.165) is 11.8 Å². The van der Waals surface area contributed by atoms with E-state index in [2.05, 4.69) is 10.1 Å².